The number of benzene rings is 1. The van der Waals surface area contributed by atoms with Crippen molar-refractivity contribution < 1.29 is 9.53 Å². The molecule has 1 unspecified atom stereocenters. The Bertz CT molecular complexity index is 716. The lowest BCUT2D eigenvalue weighted by atomic mass is 9.92. The van der Waals surface area contributed by atoms with Crippen molar-refractivity contribution >= 4 is 11.7 Å². The molecular formula is C18H26N4O2. The first-order valence-electron chi connectivity index (χ1n) is 7.95. The molecule has 130 valence electrons. The number of ether oxygens (including phenoxy) is 1. The van der Waals surface area contributed by atoms with Crippen molar-refractivity contribution in [1.29, 1.82) is 0 Å². The van der Waals surface area contributed by atoms with Crippen molar-refractivity contribution in [3.63, 3.8) is 0 Å². The highest BCUT2D eigenvalue weighted by Gasteiger charge is 2.23. The molecular weight excluding hydrogens is 304 g/mol. The maximum absolute atomic E-state index is 12.3. The number of nitrogens with one attached hydrogen (secondary N) is 1. The van der Waals surface area contributed by atoms with Gasteiger partial charge in [-0.05, 0) is 24.6 Å². The molecule has 1 amide bonds. The van der Waals surface area contributed by atoms with Gasteiger partial charge < -0.3 is 15.8 Å². The molecule has 0 fully saturated rings. The van der Waals surface area contributed by atoms with Crippen LogP contribution in [0.5, 0.6) is 0 Å². The molecule has 0 aliphatic rings. The fourth-order valence-corrected chi connectivity index (χ4v) is 2.27. The van der Waals surface area contributed by atoms with Crippen molar-refractivity contribution in [2.75, 3.05) is 19.0 Å². The first kappa shape index (κ1) is 18.2. The van der Waals surface area contributed by atoms with Gasteiger partial charge in [-0.2, -0.15) is 5.10 Å². The van der Waals surface area contributed by atoms with E-state index in [9.17, 15) is 4.79 Å². The normalized spacial score (nSPS) is 12.9. The van der Waals surface area contributed by atoms with E-state index in [1.807, 2.05) is 37.3 Å². The molecule has 1 atom stereocenters. The van der Waals surface area contributed by atoms with Crippen LogP contribution in [0, 0.1) is 6.92 Å². The number of carbonyl (C=O) groups is 1. The first-order chi connectivity index (χ1) is 11.2. The molecule has 24 heavy (non-hydrogen) atoms. The molecule has 0 bridgehead atoms. The molecule has 3 N–H and O–H groups in total. The van der Waals surface area contributed by atoms with E-state index in [0.717, 1.165) is 16.9 Å². The Hall–Kier alpha value is -2.18. The monoisotopic (exact) mass is 330 g/mol. The average Bonchev–Trinajstić information content (AvgIpc) is 2.91. The van der Waals surface area contributed by atoms with Gasteiger partial charge in [-0.15, -0.1) is 0 Å². The van der Waals surface area contributed by atoms with Gasteiger partial charge in [0, 0.05) is 18.6 Å². The standard InChI is InChI=1S/C18H26N4O2/c1-12-7-6-8-13(9-12)22-16(10-15(21-22)18(2,3)4)20-17(23)14(19)11-24-5/h6-10,14H,11,19H2,1-5H3,(H,20,23). The minimum Gasteiger partial charge on any atom is -0.383 e. The molecule has 0 spiro atoms. The van der Waals surface area contributed by atoms with E-state index in [1.54, 1.807) is 4.68 Å². The first-order valence-corrected chi connectivity index (χ1v) is 7.95. The van der Waals surface area contributed by atoms with Gasteiger partial charge in [-0.3, -0.25) is 4.79 Å². The fourth-order valence-electron chi connectivity index (χ4n) is 2.27. The van der Waals surface area contributed by atoms with Crippen molar-refractivity contribution in [3.05, 3.63) is 41.6 Å². The Morgan fingerprint density at radius 1 is 1.38 bits per heavy atom. The van der Waals surface area contributed by atoms with Crippen LogP contribution in [-0.4, -0.2) is 35.4 Å². The third-order valence-electron chi connectivity index (χ3n) is 3.66. The largest absolute Gasteiger partial charge is 0.383 e. The number of nitrogens with zero attached hydrogens (tertiary/aromatic N) is 2. The highest BCUT2D eigenvalue weighted by atomic mass is 16.5. The number of nitrogens with two attached hydrogens (primary N) is 1. The Morgan fingerprint density at radius 3 is 2.67 bits per heavy atom. The predicted octanol–water partition coefficient (Wildman–Crippen LogP) is 2.39. The summed E-state index contributed by atoms with van der Waals surface area (Å²) in [6.07, 6.45) is 0. The maximum Gasteiger partial charge on any atom is 0.244 e. The lowest BCUT2D eigenvalue weighted by molar-refractivity contribution is -0.118. The van der Waals surface area contributed by atoms with Gasteiger partial charge in [0.15, 0.2) is 0 Å². The summed E-state index contributed by atoms with van der Waals surface area (Å²) in [4.78, 5) is 12.3. The molecule has 1 aromatic carbocycles. The zero-order valence-electron chi connectivity index (χ0n) is 15.0. The second-order valence-corrected chi connectivity index (χ2v) is 6.97. The van der Waals surface area contributed by atoms with E-state index in [0.29, 0.717) is 5.82 Å². The minimum atomic E-state index is -0.728. The van der Waals surface area contributed by atoms with E-state index < -0.39 is 6.04 Å². The summed E-state index contributed by atoms with van der Waals surface area (Å²) in [6.45, 7) is 8.43. The van der Waals surface area contributed by atoms with Crippen LogP contribution in [0.25, 0.3) is 5.69 Å². The molecule has 0 radical (unpaired) electrons. The van der Waals surface area contributed by atoms with Crippen LogP contribution in [0.3, 0.4) is 0 Å². The summed E-state index contributed by atoms with van der Waals surface area (Å²) in [5.74, 6) is 0.299. The molecule has 2 aromatic rings. The molecule has 2 rings (SSSR count). The van der Waals surface area contributed by atoms with Gasteiger partial charge >= 0.3 is 0 Å². The molecule has 0 saturated carbocycles. The number of methoxy groups -OCH3 is 1. The average molecular weight is 330 g/mol. The zero-order chi connectivity index (χ0) is 17.9. The SMILES string of the molecule is COCC(N)C(=O)Nc1cc(C(C)(C)C)nn1-c1cccc(C)c1. The van der Waals surface area contributed by atoms with Crippen LogP contribution < -0.4 is 11.1 Å². The Kier molecular flexibility index (Phi) is 5.41. The number of amides is 1. The smallest absolute Gasteiger partial charge is 0.244 e. The molecule has 0 aliphatic heterocycles. The zero-order valence-corrected chi connectivity index (χ0v) is 15.0. The number of aryl methyl sites for hydroxylation is 1. The second kappa shape index (κ2) is 7.15. The third-order valence-corrected chi connectivity index (χ3v) is 3.66. The molecule has 1 heterocycles. The van der Waals surface area contributed by atoms with Crippen molar-refractivity contribution in [3.8, 4) is 5.69 Å². The van der Waals surface area contributed by atoms with E-state index in [4.69, 9.17) is 10.5 Å². The van der Waals surface area contributed by atoms with Gasteiger partial charge in [0.25, 0.3) is 0 Å². The molecule has 1 aromatic heterocycles. The Labute approximate surface area is 143 Å². The molecule has 6 nitrogen and oxygen atoms in total. The van der Waals surface area contributed by atoms with Crippen LogP contribution in [-0.2, 0) is 14.9 Å². The van der Waals surface area contributed by atoms with Gasteiger partial charge in [0.2, 0.25) is 5.91 Å². The van der Waals surface area contributed by atoms with E-state index in [-0.39, 0.29) is 17.9 Å². The van der Waals surface area contributed by atoms with Gasteiger partial charge in [0.1, 0.15) is 11.9 Å². The van der Waals surface area contributed by atoms with Gasteiger partial charge in [-0.1, -0.05) is 32.9 Å². The quantitative estimate of drug-likeness (QED) is 0.882. The molecule has 0 aliphatic carbocycles. The third kappa shape index (κ3) is 4.21. The number of carbonyl (C=O) groups excluding carboxylic acids is 1. The number of aromatic nitrogens is 2. The second-order valence-electron chi connectivity index (χ2n) is 6.97. The summed E-state index contributed by atoms with van der Waals surface area (Å²) < 4.78 is 6.69. The van der Waals surface area contributed by atoms with Crippen molar-refractivity contribution in [2.24, 2.45) is 5.73 Å². The number of rotatable bonds is 5. The molecule has 6 heteroatoms. The predicted molar refractivity (Wildman–Crippen MR) is 95.5 cm³/mol. The topological polar surface area (TPSA) is 82.2 Å². The van der Waals surface area contributed by atoms with Crippen LogP contribution in [0.4, 0.5) is 5.82 Å². The van der Waals surface area contributed by atoms with Crippen molar-refractivity contribution in [1.82, 2.24) is 9.78 Å². The number of hydrogen-bond donors (Lipinski definition) is 2. The highest BCUT2D eigenvalue weighted by Crippen LogP contribution is 2.26. The number of anilines is 1. The van der Waals surface area contributed by atoms with Crippen LogP contribution in [0.15, 0.2) is 30.3 Å². The lowest BCUT2D eigenvalue weighted by Gasteiger charge is -2.14. The summed E-state index contributed by atoms with van der Waals surface area (Å²) >= 11 is 0. The Morgan fingerprint density at radius 2 is 2.08 bits per heavy atom. The van der Waals surface area contributed by atoms with E-state index in [1.165, 1.54) is 7.11 Å². The fraction of sp³-hybridized carbons (Fsp3) is 0.444. The van der Waals surface area contributed by atoms with E-state index in [2.05, 4.69) is 31.2 Å². The maximum atomic E-state index is 12.3. The number of hydrogen-bond acceptors (Lipinski definition) is 4. The van der Waals surface area contributed by atoms with Gasteiger partial charge in [-0.25, -0.2) is 4.68 Å². The molecule has 0 saturated heterocycles. The highest BCUT2D eigenvalue weighted by molar-refractivity contribution is 5.94. The Balaban J connectivity index is 2.42. The van der Waals surface area contributed by atoms with Crippen LogP contribution in [0.2, 0.25) is 0 Å². The van der Waals surface area contributed by atoms with E-state index >= 15 is 0 Å². The summed E-state index contributed by atoms with van der Waals surface area (Å²) in [7, 11) is 1.52. The van der Waals surface area contributed by atoms with Gasteiger partial charge in [0.05, 0.1) is 18.0 Å². The van der Waals surface area contributed by atoms with Crippen LogP contribution in [0.1, 0.15) is 32.0 Å². The van der Waals surface area contributed by atoms with Crippen LogP contribution >= 0.6 is 0 Å². The summed E-state index contributed by atoms with van der Waals surface area (Å²) in [5, 5.41) is 7.54. The summed E-state index contributed by atoms with van der Waals surface area (Å²) in [6, 6.07) is 9.12. The lowest BCUT2D eigenvalue weighted by Crippen LogP contribution is -2.39. The summed E-state index contributed by atoms with van der Waals surface area (Å²) in [5.41, 5.74) is 8.58. The minimum absolute atomic E-state index is 0.136. The van der Waals surface area contributed by atoms with Crippen molar-refractivity contribution in [2.45, 2.75) is 39.2 Å².